The molecular weight excluding hydrogens is 338 g/mol. The summed E-state index contributed by atoms with van der Waals surface area (Å²) in [5.41, 5.74) is 7.29. The number of aryl methyl sites for hydroxylation is 2. The van der Waals surface area contributed by atoms with Gasteiger partial charge in [-0.3, -0.25) is 4.99 Å². The second-order valence-corrected chi connectivity index (χ2v) is 6.96. The first kappa shape index (κ1) is 23.4. The topological polar surface area (TPSA) is 12.4 Å². The van der Waals surface area contributed by atoms with Crippen LogP contribution in [0.15, 0.2) is 90.0 Å². The number of benzene rings is 2. The van der Waals surface area contributed by atoms with Gasteiger partial charge >= 0.3 is 0 Å². The summed E-state index contributed by atoms with van der Waals surface area (Å²) >= 11 is 0. The molecule has 0 N–H and O–H groups in total. The molecular formula is C27H35N. The Labute approximate surface area is 172 Å². The van der Waals surface area contributed by atoms with Crippen molar-refractivity contribution in [2.75, 3.05) is 0 Å². The van der Waals surface area contributed by atoms with E-state index < -0.39 is 0 Å². The van der Waals surface area contributed by atoms with Crippen LogP contribution in [0.3, 0.4) is 0 Å². The molecule has 0 radical (unpaired) electrons. The van der Waals surface area contributed by atoms with Crippen molar-refractivity contribution in [3.05, 3.63) is 102 Å². The van der Waals surface area contributed by atoms with E-state index in [9.17, 15) is 0 Å². The van der Waals surface area contributed by atoms with Crippen molar-refractivity contribution in [2.24, 2.45) is 4.99 Å². The first-order valence-corrected chi connectivity index (χ1v) is 10.1. The van der Waals surface area contributed by atoms with Gasteiger partial charge in [-0.1, -0.05) is 97.8 Å². The third-order valence-corrected chi connectivity index (χ3v) is 4.29. The minimum absolute atomic E-state index is 1.04. The van der Waals surface area contributed by atoms with Crippen LogP contribution in [0.2, 0.25) is 0 Å². The molecule has 28 heavy (non-hydrogen) atoms. The maximum Gasteiger partial charge on any atom is 0.0662 e. The summed E-state index contributed by atoms with van der Waals surface area (Å²) in [5, 5.41) is 0. The van der Waals surface area contributed by atoms with Gasteiger partial charge in [-0.25, -0.2) is 0 Å². The van der Waals surface area contributed by atoms with E-state index in [1.54, 1.807) is 6.08 Å². The Kier molecular flexibility index (Phi) is 11.3. The van der Waals surface area contributed by atoms with Crippen LogP contribution in [0, 0.1) is 13.8 Å². The number of unbranched alkanes of at least 4 members (excludes halogenated alkanes) is 1. The molecule has 2 rings (SSSR count). The molecule has 2 aromatic rings. The zero-order valence-electron chi connectivity index (χ0n) is 18.2. The Hall–Kier alpha value is -2.67. The number of allylic oxidation sites excluding steroid dienone is 5. The fourth-order valence-corrected chi connectivity index (χ4v) is 2.82. The number of aliphatic imine (C=N–C) groups is 1. The molecule has 1 heteroatoms. The molecule has 0 bridgehead atoms. The predicted molar refractivity (Wildman–Crippen MR) is 127 cm³/mol. The molecule has 0 spiro atoms. The average molecular weight is 374 g/mol. The molecule has 0 fully saturated rings. The first-order valence-electron chi connectivity index (χ1n) is 10.1. The Morgan fingerprint density at radius 1 is 1.07 bits per heavy atom. The number of rotatable bonds is 7. The van der Waals surface area contributed by atoms with E-state index in [2.05, 4.69) is 75.9 Å². The molecule has 1 nitrogen and oxygen atoms in total. The van der Waals surface area contributed by atoms with Crippen LogP contribution in [0.25, 0.3) is 0 Å². The second kappa shape index (κ2) is 13.5. The second-order valence-electron chi connectivity index (χ2n) is 6.96. The highest BCUT2D eigenvalue weighted by Gasteiger charge is 2.04. The maximum atomic E-state index is 4.92. The van der Waals surface area contributed by atoms with Crippen molar-refractivity contribution in [2.45, 2.75) is 53.9 Å². The SMILES string of the molecule is C=C/C=C(C)\C=C/C.CCCCC(=Nc1ccc(C)cc1C)c1ccccc1. The molecule has 0 aliphatic heterocycles. The monoisotopic (exact) mass is 373 g/mol. The van der Waals surface area contributed by atoms with E-state index in [0.717, 1.165) is 12.1 Å². The molecule has 0 aliphatic rings. The highest BCUT2D eigenvalue weighted by molar-refractivity contribution is 6.02. The standard InChI is InChI=1S/C19H23N.C8H12/c1-4-5-11-19(17-9-7-6-8-10-17)20-18-13-12-15(2)14-16(18)3;1-4-6-8(3)7-5-2/h6-10,12-14H,4-5,11H2,1-3H3;4-7H,1H2,2-3H3/b;7-5-,8-6-. The Balaban J connectivity index is 0.000000416. The van der Waals surface area contributed by atoms with Gasteiger partial charge in [-0.05, 0) is 57.7 Å². The molecule has 0 heterocycles. The van der Waals surface area contributed by atoms with Gasteiger partial charge in [0.25, 0.3) is 0 Å². The lowest BCUT2D eigenvalue weighted by molar-refractivity contribution is 0.835. The van der Waals surface area contributed by atoms with Crippen LogP contribution in [-0.2, 0) is 0 Å². The molecule has 0 atom stereocenters. The van der Waals surface area contributed by atoms with Crippen molar-refractivity contribution in [3.8, 4) is 0 Å². The van der Waals surface area contributed by atoms with Crippen LogP contribution in [0.5, 0.6) is 0 Å². The highest BCUT2D eigenvalue weighted by Crippen LogP contribution is 2.22. The smallest absolute Gasteiger partial charge is 0.0662 e. The lowest BCUT2D eigenvalue weighted by Gasteiger charge is -2.08. The summed E-state index contributed by atoms with van der Waals surface area (Å²) in [6, 6.07) is 17.0. The van der Waals surface area contributed by atoms with Crippen molar-refractivity contribution >= 4 is 11.4 Å². The lowest BCUT2D eigenvalue weighted by Crippen LogP contribution is -2.00. The van der Waals surface area contributed by atoms with E-state index in [1.807, 2.05) is 32.1 Å². The highest BCUT2D eigenvalue weighted by atomic mass is 14.7. The first-order chi connectivity index (χ1) is 13.5. The zero-order chi connectivity index (χ0) is 20.8. The molecule has 0 unspecified atom stereocenters. The third kappa shape index (κ3) is 8.81. The van der Waals surface area contributed by atoms with Gasteiger partial charge in [-0.2, -0.15) is 0 Å². The number of hydrogen-bond donors (Lipinski definition) is 0. The van der Waals surface area contributed by atoms with E-state index in [-0.39, 0.29) is 0 Å². The van der Waals surface area contributed by atoms with E-state index >= 15 is 0 Å². The molecule has 0 saturated heterocycles. The Morgan fingerprint density at radius 2 is 1.79 bits per heavy atom. The van der Waals surface area contributed by atoms with Crippen LogP contribution < -0.4 is 0 Å². The van der Waals surface area contributed by atoms with Crippen LogP contribution in [-0.4, -0.2) is 5.71 Å². The quantitative estimate of drug-likeness (QED) is 0.342. The van der Waals surface area contributed by atoms with Gasteiger partial charge in [0, 0.05) is 5.71 Å². The summed E-state index contributed by atoms with van der Waals surface area (Å²) in [6.45, 7) is 14.1. The summed E-state index contributed by atoms with van der Waals surface area (Å²) in [7, 11) is 0. The van der Waals surface area contributed by atoms with Crippen molar-refractivity contribution in [1.82, 2.24) is 0 Å². The normalized spacial score (nSPS) is 11.9. The number of hydrogen-bond acceptors (Lipinski definition) is 1. The fourth-order valence-electron chi connectivity index (χ4n) is 2.82. The molecule has 0 amide bonds. The largest absolute Gasteiger partial charge is 0.253 e. The minimum atomic E-state index is 1.04. The van der Waals surface area contributed by atoms with Crippen molar-refractivity contribution < 1.29 is 0 Å². The fraction of sp³-hybridized carbons (Fsp3) is 0.296. The van der Waals surface area contributed by atoms with Gasteiger partial charge in [0.2, 0.25) is 0 Å². The summed E-state index contributed by atoms with van der Waals surface area (Å²) < 4.78 is 0. The summed E-state index contributed by atoms with van der Waals surface area (Å²) in [6.07, 6.45) is 11.2. The van der Waals surface area contributed by atoms with Gasteiger partial charge in [0.1, 0.15) is 0 Å². The van der Waals surface area contributed by atoms with Crippen molar-refractivity contribution in [3.63, 3.8) is 0 Å². The molecule has 2 aromatic carbocycles. The molecule has 0 aliphatic carbocycles. The molecule has 0 saturated carbocycles. The van der Waals surface area contributed by atoms with Crippen molar-refractivity contribution in [1.29, 1.82) is 0 Å². The summed E-state index contributed by atoms with van der Waals surface area (Å²) in [4.78, 5) is 4.92. The van der Waals surface area contributed by atoms with E-state index in [1.165, 1.54) is 40.8 Å². The van der Waals surface area contributed by atoms with Gasteiger partial charge in [0.15, 0.2) is 0 Å². The minimum Gasteiger partial charge on any atom is -0.253 e. The summed E-state index contributed by atoms with van der Waals surface area (Å²) in [5.74, 6) is 0. The number of nitrogens with zero attached hydrogens (tertiary/aromatic N) is 1. The van der Waals surface area contributed by atoms with Crippen LogP contribution in [0.1, 0.15) is 56.7 Å². The average Bonchev–Trinajstić information content (AvgIpc) is 2.68. The third-order valence-electron chi connectivity index (χ3n) is 4.29. The molecule has 148 valence electrons. The maximum absolute atomic E-state index is 4.92. The lowest BCUT2D eigenvalue weighted by atomic mass is 10.0. The van der Waals surface area contributed by atoms with Crippen LogP contribution in [0.4, 0.5) is 5.69 Å². The Morgan fingerprint density at radius 3 is 2.36 bits per heavy atom. The molecule has 0 aromatic heterocycles. The van der Waals surface area contributed by atoms with E-state index in [0.29, 0.717) is 0 Å². The van der Waals surface area contributed by atoms with Gasteiger partial charge in [-0.15, -0.1) is 0 Å². The zero-order valence-corrected chi connectivity index (χ0v) is 18.2. The van der Waals surface area contributed by atoms with Gasteiger partial charge in [0.05, 0.1) is 5.69 Å². The predicted octanol–water partition coefficient (Wildman–Crippen LogP) is 8.31. The van der Waals surface area contributed by atoms with Crippen LogP contribution >= 0.6 is 0 Å². The van der Waals surface area contributed by atoms with E-state index in [4.69, 9.17) is 4.99 Å². The van der Waals surface area contributed by atoms with Gasteiger partial charge < -0.3 is 0 Å². The Bertz CT molecular complexity index is 807.